The van der Waals surface area contributed by atoms with Crippen LogP contribution < -0.4 is 10.4 Å². The Morgan fingerprint density at radius 1 is 0.613 bits per heavy atom. The summed E-state index contributed by atoms with van der Waals surface area (Å²) in [7, 11) is -2.69. The molecule has 0 aliphatic rings. The molecule has 0 aliphatic carbocycles. The van der Waals surface area contributed by atoms with E-state index >= 15 is 0 Å². The summed E-state index contributed by atoms with van der Waals surface area (Å²) in [6.45, 7) is 5.81. The lowest BCUT2D eigenvalue weighted by Crippen LogP contribution is -2.63. The second-order valence-electron chi connectivity index (χ2n) is 7.98. The smallest absolute Gasteiger partial charge is 0.388 e. The van der Waals surface area contributed by atoms with Gasteiger partial charge < -0.3 is 8.85 Å². The molecule has 168 valence electrons. The summed E-state index contributed by atoms with van der Waals surface area (Å²) in [4.78, 5) is 0. The van der Waals surface area contributed by atoms with E-state index in [-0.39, 0.29) is 0 Å². The zero-order chi connectivity index (χ0) is 22.0. The first-order chi connectivity index (χ1) is 15.3. The Bertz CT molecular complexity index is 709. The van der Waals surface area contributed by atoms with Crippen molar-refractivity contribution in [2.24, 2.45) is 0 Å². The summed E-state index contributed by atoms with van der Waals surface area (Å²) in [5, 5.41) is 2.40. The Balaban J connectivity index is 1.93. The Hall–Kier alpha value is -1.86. The fourth-order valence-corrected chi connectivity index (χ4v) is 6.88. The molecule has 0 aromatic heterocycles. The predicted molar refractivity (Wildman–Crippen MR) is 135 cm³/mol. The van der Waals surface area contributed by atoms with Crippen LogP contribution >= 0.6 is 0 Å². The topological polar surface area (TPSA) is 18.5 Å². The van der Waals surface area contributed by atoms with Crippen molar-refractivity contribution in [2.45, 2.75) is 78.1 Å². The molecule has 2 aromatic carbocycles. The van der Waals surface area contributed by atoms with Gasteiger partial charge in [-0.05, 0) is 29.6 Å². The van der Waals surface area contributed by atoms with Crippen molar-refractivity contribution in [3.8, 4) is 11.8 Å². The molecule has 2 rings (SSSR count). The van der Waals surface area contributed by atoms with E-state index in [1.165, 1.54) is 42.5 Å². The van der Waals surface area contributed by atoms with E-state index in [2.05, 4.69) is 86.4 Å². The highest BCUT2D eigenvalue weighted by Gasteiger charge is 2.42. The zero-order valence-corrected chi connectivity index (χ0v) is 20.6. The minimum Gasteiger partial charge on any atom is -0.388 e. The summed E-state index contributed by atoms with van der Waals surface area (Å²) in [5.41, 5.74) is 0. The first kappa shape index (κ1) is 25.4. The lowest BCUT2D eigenvalue weighted by atomic mass is 10.1. The largest absolute Gasteiger partial charge is 0.407 e. The number of hydrogen-bond donors (Lipinski definition) is 0. The minimum atomic E-state index is -2.69. The Morgan fingerprint density at radius 2 is 1.13 bits per heavy atom. The van der Waals surface area contributed by atoms with Crippen LogP contribution in [0, 0.1) is 11.8 Å². The second-order valence-corrected chi connectivity index (χ2v) is 10.9. The van der Waals surface area contributed by atoms with Crippen LogP contribution in [-0.4, -0.2) is 21.8 Å². The molecule has 0 saturated carbocycles. The van der Waals surface area contributed by atoms with E-state index in [1.54, 1.807) is 0 Å². The highest BCUT2D eigenvalue weighted by Crippen LogP contribution is 2.14. The van der Waals surface area contributed by atoms with E-state index in [4.69, 9.17) is 8.85 Å². The molecule has 2 nitrogen and oxygen atoms in total. The molecule has 0 radical (unpaired) electrons. The van der Waals surface area contributed by atoms with Crippen molar-refractivity contribution < 1.29 is 8.85 Å². The van der Waals surface area contributed by atoms with Crippen LogP contribution in [0.25, 0.3) is 0 Å². The standard InChI is InChI=1S/C28H40O2Si/c1-3-5-7-8-9-10-11-12-13-20-26-30-31(29-25-6-4-2,27-21-16-14-17-22-27)28-23-18-15-19-24-28/h14-19,21-24H,3-4,6,8-13,20,25-26H2,1-2H3. The van der Waals surface area contributed by atoms with Gasteiger partial charge in [0.05, 0.1) is 0 Å². The lowest BCUT2D eigenvalue weighted by Gasteiger charge is -2.31. The van der Waals surface area contributed by atoms with Gasteiger partial charge in [-0.3, -0.25) is 0 Å². The van der Waals surface area contributed by atoms with E-state index in [0.29, 0.717) is 0 Å². The quantitative estimate of drug-likeness (QED) is 0.187. The maximum absolute atomic E-state index is 6.72. The Morgan fingerprint density at radius 3 is 1.68 bits per heavy atom. The molecule has 0 spiro atoms. The van der Waals surface area contributed by atoms with Crippen LogP contribution in [0.4, 0.5) is 0 Å². The molecule has 0 unspecified atom stereocenters. The number of unbranched alkanes of at least 4 members (excludes halogenated alkanes) is 7. The summed E-state index contributed by atoms with van der Waals surface area (Å²) in [6.07, 6.45) is 11.6. The van der Waals surface area contributed by atoms with E-state index in [9.17, 15) is 0 Å². The molecule has 0 bridgehead atoms. The molecule has 0 fully saturated rings. The molecule has 0 aliphatic heterocycles. The first-order valence-corrected chi connectivity index (χ1v) is 14.0. The van der Waals surface area contributed by atoms with E-state index in [0.717, 1.165) is 45.3 Å². The fraction of sp³-hybridized carbons (Fsp3) is 0.500. The van der Waals surface area contributed by atoms with Gasteiger partial charge in [0, 0.05) is 26.1 Å². The van der Waals surface area contributed by atoms with Gasteiger partial charge in [-0.1, -0.05) is 107 Å². The summed E-state index contributed by atoms with van der Waals surface area (Å²) in [5.74, 6) is 6.39. The minimum absolute atomic E-state index is 0.743. The van der Waals surface area contributed by atoms with Gasteiger partial charge in [0.25, 0.3) is 0 Å². The first-order valence-electron chi connectivity index (χ1n) is 12.2. The van der Waals surface area contributed by atoms with Crippen LogP contribution in [0.15, 0.2) is 60.7 Å². The summed E-state index contributed by atoms with van der Waals surface area (Å²) >= 11 is 0. The zero-order valence-electron chi connectivity index (χ0n) is 19.6. The fourth-order valence-electron chi connectivity index (χ4n) is 3.67. The van der Waals surface area contributed by atoms with Crippen molar-refractivity contribution in [1.29, 1.82) is 0 Å². The molecule has 0 saturated heterocycles. The predicted octanol–water partition coefficient (Wildman–Crippen LogP) is 6.22. The molecule has 3 heteroatoms. The third-order valence-electron chi connectivity index (χ3n) is 5.41. The third kappa shape index (κ3) is 9.03. The van der Waals surface area contributed by atoms with Gasteiger partial charge >= 0.3 is 8.56 Å². The molecule has 0 amide bonds. The maximum atomic E-state index is 6.72. The molecule has 0 atom stereocenters. The molecular weight excluding hydrogens is 396 g/mol. The van der Waals surface area contributed by atoms with Crippen LogP contribution in [0.5, 0.6) is 0 Å². The molecule has 31 heavy (non-hydrogen) atoms. The van der Waals surface area contributed by atoms with E-state index < -0.39 is 8.56 Å². The Kier molecular flexibility index (Phi) is 13.0. The van der Waals surface area contributed by atoms with Gasteiger partial charge in [-0.15, -0.1) is 11.8 Å². The van der Waals surface area contributed by atoms with Crippen molar-refractivity contribution in [3.63, 3.8) is 0 Å². The highest BCUT2D eigenvalue weighted by molar-refractivity contribution is 6.92. The molecular formula is C28H40O2Si. The van der Waals surface area contributed by atoms with Crippen LogP contribution in [-0.2, 0) is 8.85 Å². The van der Waals surface area contributed by atoms with Crippen molar-refractivity contribution in [1.82, 2.24) is 0 Å². The van der Waals surface area contributed by atoms with Gasteiger partial charge in [-0.2, -0.15) is 0 Å². The van der Waals surface area contributed by atoms with Crippen LogP contribution in [0.2, 0.25) is 0 Å². The lowest BCUT2D eigenvalue weighted by molar-refractivity contribution is 0.185. The van der Waals surface area contributed by atoms with Crippen molar-refractivity contribution in [3.05, 3.63) is 60.7 Å². The van der Waals surface area contributed by atoms with Crippen LogP contribution in [0.3, 0.4) is 0 Å². The normalized spacial score (nSPS) is 11.2. The van der Waals surface area contributed by atoms with Gasteiger partial charge in [0.15, 0.2) is 0 Å². The third-order valence-corrected chi connectivity index (χ3v) is 8.82. The van der Waals surface area contributed by atoms with Crippen molar-refractivity contribution >= 4 is 18.9 Å². The van der Waals surface area contributed by atoms with Gasteiger partial charge in [0.2, 0.25) is 0 Å². The molecule has 0 heterocycles. The summed E-state index contributed by atoms with van der Waals surface area (Å²) < 4.78 is 13.4. The Labute approximate surface area is 191 Å². The highest BCUT2D eigenvalue weighted by atomic mass is 28.4. The number of rotatable bonds is 15. The SMILES string of the molecule is CCC#CCCCCCCCCO[Si](OCCCC)(c1ccccc1)c1ccccc1. The maximum Gasteiger partial charge on any atom is 0.407 e. The number of benzene rings is 2. The van der Waals surface area contributed by atoms with Crippen LogP contribution in [0.1, 0.15) is 78.1 Å². The summed E-state index contributed by atoms with van der Waals surface area (Å²) in [6, 6.07) is 21.2. The van der Waals surface area contributed by atoms with E-state index in [1.807, 2.05) is 0 Å². The van der Waals surface area contributed by atoms with Gasteiger partial charge in [-0.25, -0.2) is 0 Å². The van der Waals surface area contributed by atoms with Crippen molar-refractivity contribution in [2.75, 3.05) is 13.2 Å². The number of hydrogen-bond acceptors (Lipinski definition) is 2. The second kappa shape index (κ2) is 15.9. The molecule has 0 N–H and O–H groups in total. The molecule has 2 aromatic rings. The average molecular weight is 437 g/mol. The monoisotopic (exact) mass is 436 g/mol. The average Bonchev–Trinajstić information content (AvgIpc) is 2.82. The van der Waals surface area contributed by atoms with Gasteiger partial charge in [0.1, 0.15) is 0 Å².